The molecule has 2 aromatic carbocycles. The number of hydrogen-bond acceptors (Lipinski definition) is 2. The van der Waals surface area contributed by atoms with Crippen LogP contribution in [-0.2, 0) is 0 Å². The highest BCUT2D eigenvalue weighted by molar-refractivity contribution is 5.76. The van der Waals surface area contributed by atoms with Gasteiger partial charge >= 0.3 is 0 Å². The van der Waals surface area contributed by atoms with Crippen LogP contribution in [0.5, 0.6) is 0 Å². The molecular weight excluding hydrogens is 272 g/mol. The first kappa shape index (κ1) is 14.8. The number of aliphatic hydroxyl groups excluding tert-OH is 1. The maximum atomic E-state index is 10.9. The van der Waals surface area contributed by atoms with Gasteiger partial charge in [0.25, 0.3) is 0 Å². The van der Waals surface area contributed by atoms with Crippen molar-refractivity contribution < 1.29 is 5.11 Å². The van der Waals surface area contributed by atoms with E-state index in [1.165, 1.54) is 5.56 Å². The maximum absolute atomic E-state index is 10.9. The van der Waals surface area contributed by atoms with Crippen molar-refractivity contribution in [1.29, 1.82) is 0 Å². The van der Waals surface area contributed by atoms with Crippen molar-refractivity contribution in [2.24, 2.45) is 0 Å². The Balaban J connectivity index is 2.18. The van der Waals surface area contributed by atoms with E-state index in [0.717, 1.165) is 22.2 Å². The van der Waals surface area contributed by atoms with Crippen LogP contribution in [0.1, 0.15) is 48.5 Å². The highest BCUT2D eigenvalue weighted by Crippen LogP contribution is 2.30. The molecule has 0 radical (unpaired) electrons. The molecule has 0 fully saturated rings. The van der Waals surface area contributed by atoms with Gasteiger partial charge in [-0.05, 0) is 51.0 Å². The SMILES string of the molecule is Cc1ccc(C(O)c2nc3ccccc3n2C(C)C)c(C)c1. The minimum Gasteiger partial charge on any atom is -0.380 e. The summed E-state index contributed by atoms with van der Waals surface area (Å²) < 4.78 is 2.12. The van der Waals surface area contributed by atoms with Gasteiger partial charge < -0.3 is 9.67 Å². The van der Waals surface area contributed by atoms with Crippen LogP contribution in [0.25, 0.3) is 11.0 Å². The van der Waals surface area contributed by atoms with Crippen LogP contribution < -0.4 is 0 Å². The third-order valence-corrected chi connectivity index (χ3v) is 4.10. The molecule has 3 aromatic rings. The van der Waals surface area contributed by atoms with E-state index in [0.29, 0.717) is 5.82 Å². The van der Waals surface area contributed by atoms with Crippen molar-refractivity contribution in [2.45, 2.75) is 39.8 Å². The first-order valence-electron chi connectivity index (χ1n) is 7.71. The molecule has 22 heavy (non-hydrogen) atoms. The van der Waals surface area contributed by atoms with Crippen LogP contribution in [0.4, 0.5) is 0 Å². The van der Waals surface area contributed by atoms with E-state index >= 15 is 0 Å². The molecule has 0 aliphatic rings. The number of fused-ring (bicyclic) bond motifs is 1. The predicted molar refractivity (Wildman–Crippen MR) is 90.1 cm³/mol. The van der Waals surface area contributed by atoms with E-state index in [1.807, 2.05) is 37.3 Å². The van der Waals surface area contributed by atoms with Crippen LogP contribution in [0.2, 0.25) is 0 Å². The molecule has 1 unspecified atom stereocenters. The minimum atomic E-state index is -0.713. The van der Waals surface area contributed by atoms with Gasteiger partial charge in [0.1, 0.15) is 11.9 Å². The van der Waals surface area contributed by atoms with E-state index in [4.69, 9.17) is 0 Å². The number of aromatic nitrogens is 2. The first-order valence-corrected chi connectivity index (χ1v) is 7.71. The fourth-order valence-electron chi connectivity index (χ4n) is 3.07. The first-order chi connectivity index (χ1) is 10.5. The average molecular weight is 294 g/mol. The van der Waals surface area contributed by atoms with Crippen molar-refractivity contribution in [3.8, 4) is 0 Å². The average Bonchev–Trinajstić information content (AvgIpc) is 2.86. The summed E-state index contributed by atoms with van der Waals surface area (Å²) in [5.41, 5.74) is 5.20. The smallest absolute Gasteiger partial charge is 0.143 e. The van der Waals surface area contributed by atoms with Crippen molar-refractivity contribution in [2.75, 3.05) is 0 Å². The van der Waals surface area contributed by atoms with E-state index in [2.05, 4.69) is 42.5 Å². The molecule has 1 N–H and O–H groups in total. The molecule has 0 aliphatic heterocycles. The lowest BCUT2D eigenvalue weighted by atomic mass is 10.0. The topological polar surface area (TPSA) is 38.1 Å². The number of nitrogens with zero attached hydrogens (tertiary/aromatic N) is 2. The third-order valence-electron chi connectivity index (χ3n) is 4.10. The van der Waals surface area contributed by atoms with Gasteiger partial charge in [0.15, 0.2) is 0 Å². The van der Waals surface area contributed by atoms with E-state index in [-0.39, 0.29) is 6.04 Å². The number of aryl methyl sites for hydroxylation is 2. The van der Waals surface area contributed by atoms with Gasteiger partial charge in [0.2, 0.25) is 0 Å². The normalized spacial score (nSPS) is 13.0. The van der Waals surface area contributed by atoms with Gasteiger partial charge in [-0.3, -0.25) is 0 Å². The number of rotatable bonds is 3. The molecule has 3 heteroatoms. The zero-order chi connectivity index (χ0) is 15.9. The molecule has 1 aromatic heterocycles. The van der Waals surface area contributed by atoms with Crippen molar-refractivity contribution >= 4 is 11.0 Å². The van der Waals surface area contributed by atoms with Crippen LogP contribution in [-0.4, -0.2) is 14.7 Å². The van der Waals surface area contributed by atoms with E-state index in [1.54, 1.807) is 0 Å². The number of para-hydroxylation sites is 2. The molecule has 0 bridgehead atoms. The fraction of sp³-hybridized carbons (Fsp3) is 0.316. The zero-order valence-electron chi connectivity index (χ0n) is 13.5. The fourth-order valence-corrected chi connectivity index (χ4v) is 3.07. The number of benzene rings is 2. The Kier molecular flexibility index (Phi) is 3.75. The quantitative estimate of drug-likeness (QED) is 0.781. The lowest BCUT2D eigenvalue weighted by Gasteiger charge is -2.18. The van der Waals surface area contributed by atoms with Crippen LogP contribution in [0.3, 0.4) is 0 Å². The van der Waals surface area contributed by atoms with Gasteiger partial charge in [-0.15, -0.1) is 0 Å². The number of imidazole rings is 1. The van der Waals surface area contributed by atoms with E-state index in [9.17, 15) is 5.11 Å². The lowest BCUT2D eigenvalue weighted by molar-refractivity contribution is 0.202. The highest BCUT2D eigenvalue weighted by Gasteiger charge is 2.22. The molecule has 0 amide bonds. The monoisotopic (exact) mass is 294 g/mol. The highest BCUT2D eigenvalue weighted by atomic mass is 16.3. The molecule has 0 aliphatic carbocycles. The maximum Gasteiger partial charge on any atom is 0.143 e. The summed E-state index contributed by atoms with van der Waals surface area (Å²) >= 11 is 0. The Labute approximate surface area is 131 Å². The van der Waals surface area contributed by atoms with Gasteiger partial charge in [-0.2, -0.15) is 0 Å². The second kappa shape index (κ2) is 5.58. The van der Waals surface area contributed by atoms with Gasteiger partial charge in [0.05, 0.1) is 11.0 Å². The molecule has 0 spiro atoms. The summed E-state index contributed by atoms with van der Waals surface area (Å²) in [5.74, 6) is 0.711. The summed E-state index contributed by atoms with van der Waals surface area (Å²) in [7, 11) is 0. The number of aliphatic hydroxyl groups is 1. The van der Waals surface area contributed by atoms with Crippen molar-refractivity contribution in [1.82, 2.24) is 9.55 Å². The predicted octanol–water partition coefficient (Wildman–Crippen LogP) is 4.32. The van der Waals surface area contributed by atoms with Gasteiger partial charge in [-0.25, -0.2) is 4.98 Å². The molecule has 0 saturated heterocycles. The Morgan fingerprint density at radius 2 is 1.77 bits per heavy atom. The second-order valence-corrected chi connectivity index (χ2v) is 6.19. The summed E-state index contributed by atoms with van der Waals surface area (Å²) in [6.45, 7) is 8.33. The van der Waals surface area contributed by atoms with Gasteiger partial charge in [-0.1, -0.05) is 35.9 Å². The summed E-state index contributed by atoms with van der Waals surface area (Å²) in [4.78, 5) is 4.69. The Hall–Kier alpha value is -2.13. The van der Waals surface area contributed by atoms with Gasteiger partial charge in [0, 0.05) is 6.04 Å². The van der Waals surface area contributed by atoms with Crippen LogP contribution in [0.15, 0.2) is 42.5 Å². The molecule has 114 valence electrons. The Morgan fingerprint density at radius 1 is 1.05 bits per heavy atom. The van der Waals surface area contributed by atoms with E-state index < -0.39 is 6.10 Å². The third kappa shape index (κ3) is 2.42. The molecule has 3 nitrogen and oxygen atoms in total. The van der Waals surface area contributed by atoms with Crippen LogP contribution >= 0.6 is 0 Å². The molecule has 0 saturated carbocycles. The summed E-state index contributed by atoms with van der Waals surface area (Å²) in [6.07, 6.45) is -0.713. The standard InChI is InChI=1S/C19H22N2O/c1-12(2)21-17-8-6-5-7-16(17)20-19(21)18(22)15-10-9-13(3)11-14(15)4/h5-12,18,22H,1-4H3. The molecule has 3 rings (SSSR count). The second-order valence-electron chi connectivity index (χ2n) is 6.19. The van der Waals surface area contributed by atoms with Crippen molar-refractivity contribution in [3.05, 3.63) is 65.0 Å². The molecule has 1 heterocycles. The van der Waals surface area contributed by atoms with Crippen molar-refractivity contribution in [3.63, 3.8) is 0 Å². The molecular formula is C19H22N2O. The van der Waals surface area contributed by atoms with Crippen LogP contribution in [0, 0.1) is 13.8 Å². The zero-order valence-corrected chi connectivity index (χ0v) is 13.5. The minimum absolute atomic E-state index is 0.239. The Morgan fingerprint density at radius 3 is 2.45 bits per heavy atom. The largest absolute Gasteiger partial charge is 0.380 e. The lowest BCUT2D eigenvalue weighted by Crippen LogP contribution is -2.13. The molecule has 1 atom stereocenters. The number of hydrogen-bond donors (Lipinski definition) is 1. The summed E-state index contributed by atoms with van der Waals surface area (Å²) in [5, 5.41) is 10.9. The summed E-state index contributed by atoms with van der Waals surface area (Å²) in [6, 6.07) is 14.4. The Bertz CT molecular complexity index is 817.